The average Bonchev–Trinajstić information content (AvgIpc) is 2.44. The minimum atomic E-state index is -0.929. The van der Waals surface area contributed by atoms with Crippen LogP contribution in [0.1, 0.15) is 34.1 Å². The molecule has 5 heteroatoms. The number of amides is 2. The number of hydrogen-bond acceptors (Lipinski definition) is 3. The molecule has 0 aliphatic carbocycles. The maximum atomic E-state index is 11.7. The number of hydrogen-bond donors (Lipinski definition) is 2. The number of rotatable bonds is 4. The van der Waals surface area contributed by atoms with Crippen LogP contribution in [0.25, 0.3) is 0 Å². The molecule has 5 nitrogen and oxygen atoms in total. The summed E-state index contributed by atoms with van der Waals surface area (Å²) in [5.74, 6) is -0.664. The molecule has 0 bridgehead atoms. The van der Waals surface area contributed by atoms with Crippen LogP contribution in [-0.2, 0) is 9.59 Å². The Bertz CT molecular complexity index is 372. The number of nitrogens with two attached hydrogens (primary N) is 1. The Morgan fingerprint density at radius 3 is 2.35 bits per heavy atom. The average molecular weight is 240 g/mol. The molecule has 1 aliphatic rings. The molecule has 2 amide bonds. The third kappa shape index (κ3) is 2.66. The quantitative estimate of drug-likeness (QED) is 0.745. The Morgan fingerprint density at radius 1 is 1.47 bits per heavy atom. The van der Waals surface area contributed by atoms with Crippen LogP contribution in [0.4, 0.5) is 0 Å². The van der Waals surface area contributed by atoms with Crippen LogP contribution in [-0.4, -0.2) is 33.6 Å². The summed E-state index contributed by atoms with van der Waals surface area (Å²) < 4.78 is 0. The first-order valence-corrected chi connectivity index (χ1v) is 5.57. The van der Waals surface area contributed by atoms with Crippen LogP contribution in [0.5, 0.6) is 0 Å². The first-order valence-electron chi connectivity index (χ1n) is 5.57. The van der Waals surface area contributed by atoms with E-state index in [4.69, 9.17) is 5.73 Å². The molecule has 0 aromatic carbocycles. The van der Waals surface area contributed by atoms with E-state index in [1.807, 2.05) is 13.8 Å². The highest BCUT2D eigenvalue weighted by Crippen LogP contribution is 2.34. The van der Waals surface area contributed by atoms with Gasteiger partial charge in [0.2, 0.25) is 11.8 Å². The van der Waals surface area contributed by atoms with Gasteiger partial charge in [0.05, 0.1) is 0 Å². The second kappa shape index (κ2) is 4.14. The van der Waals surface area contributed by atoms with E-state index in [1.165, 1.54) is 17.1 Å². The highest BCUT2D eigenvalue weighted by molar-refractivity contribution is 5.91. The molecular formula is C12H20N2O3. The predicted molar refractivity (Wildman–Crippen MR) is 63.7 cm³/mol. The van der Waals surface area contributed by atoms with Gasteiger partial charge in [0.15, 0.2) is 0 Å². The zero-order chi connectivity index (χ0) is 13.4. The Morgan fingerprint density at radius 2 is 2.00 bits per heavy atom. The molecule has 0 saturated heterocycles. The lowest BCUT2D eigenvalue weighted by molar-refractivity contribution is -0.143. The number of aliphatic hydroxyl groups excluding tert-OH is 1. The minimum Gasteiger partial charge on any atom is -0.370 e. The normalized spacial score (nSPS) is 21.1. The first-order chi connectivity index (χ1) is 7.58. The van der Waals surface area contributed by atoms with Gasteiger partial charge in [-0.25, -0.2) is 0 Å². The molecule has 3 N–H and O–H groups in total. The van der Waals surface area contributed by atoms with Crippen molar-refractivity contribution in [1.82, 2.24) is 4.90 Å². The van der Waals surface area contributed by atoms with Crippen LogP contribution in [0.2, 0.25) is 0 Å². The van der Waals surface area contributed by atoms with Crippen molar-refractivity contribution in [3.05, 3.63) is 12.2 Å². The molecule has 96 valence electrons. The second-order valence-corrected chi connectivity index (χ2v) is 5.72. The summed E-state index contributed by atoms with van der Waals surface area (Å²) in [6.45, 7) is 7.09. The van der Waals surface area contributed by atoms with E-state index < -0.39 is 23.1 Å². The molecule has 0 spiro atoms. The van der Waals surface area contributed by atoms with Gasteiger partial charge in [-0.3, -0.25) is 9.59 Å². The summed E-state index contributed by atoms with van der Waals surface area (Å²) in [4.78, 5) is 24.3. The van der Waals surface area contributed by atoms with Gasteiger partial charge in [-0.2, -0.15) is 0 Å². The molecule has 0 aromatic rings. The predicted octanol–water partition coefficient (Wildman–Crippen LogP) is 0.383. The van der Waals surface area contributed by atoms with Gasteiger partial charge >= 0.3 is 0 Å². The van der Waals surface area contributed by atoms with Gasteiger partial charge in [0.25, 0.3) is 0 Å². The van der Waals surface area contributed by atoms with Crippen LogP contribution >= 0.6 is 0 Å². The Labute approximate surface area is 101 Å². The van der Waals surface area contributed by atoms with Crippen molar-refractivity contribution < 1.29 is 14.7 Å². The van der Waals surface area contributed by atoms with E-state index in [1.54, 1.807) is 13.8 Å². The van der Waals surface area contributed by atoms with Crippen molar-refractivity contribution >= 4 is 11.8 Å². The van der Waals surface area contributed by atoms with Crippen LogP contribution in [0.15, 0.2) is 12.2 Å². The molecule has 1 rings (SSSR count). The van der Waals surface area contributed by atoms with Crippen molar-refractivity contribution in [3.63, 3.8) is 0 Å². The fraction of sp³-hybridized carbons (Fsp3) is 0.667. The monoisotopic (exact) mass is 240 g/mol. The molecule has 0 radical (unpaired) electrons. The van der Waals surface area contributed by atoms with E-state index in [9.17, 15) is 14.7 Å². The van der Waals surface area contributed by atoms with E-state index in [-0.39, 0.29) is 5.91 Å². The molecule has 1 aliphatic heterocycles. The maximum Gasteiger partial charge on any atom is 0.249 e. The summed E-state index contributed by atoms with van der Waals surface area (Å²) >= 11 is 0. The van der Waals surface area contributed by atoms with Gasteiger partial charge in [-0.1, -0.05) is 13.8 Å². The summed E-state index contributed by atoms with van der Waals surface area (Å²) in [5.41, 5.74) is 3.95. The smallest absolute Gasteiger partial charge is 0.249 e. The summed E-state index contributed by atoms with van der Waals surface area (Å²) in [5, 5.41) is 9.73. The van der Waals surface area contributed by atoms with E-state index >= 15 is 0 Å². The Balaban J connectivity index is 2.89. The van der Waals surface area contributed by atoms with Crippen LogP contribution in [0.3, 0.4) is 0 Å². The summed E-state index contributed by atoms with van der Waals surface area (Å²) in [6.07, 6.45) is 2.23. The molecule has 0 fully saturated rings. The highest BCUT2D eigenvalue weighted by atomic mass is 16.3. The molecule has 1 heterocycles. The van der Waals surface area contributed by atoms with Crippen molar-refractivity contribution in [1.29, 1.82) is 0 Å². The largest absolute Gasteiger partial charge is 0.370 e. The van der Waals surface area contributed by atoms with E-state index in [0.29, 0.717) is 6.42 Å². The lowest BCUT2D eigenvalue weighted by Gasteiger charge is -2.41. The number of nitrogens with zero attached hydrogens (tertiary/aromatic N) is 1. The van der Waals surface area contributed by atoms with Gasteiger partial charge in [-0.05, 0) is 26.3 Å². The molecule has 1 atom stereocenters. The molecule has 0 aromatic heterocycles. The lowest BCUT2D eigenvalue weighted by atomic mass is 9.78. The third-order valence-electron chi connectivity index (χ3n) is 3.11. The summed E-state index contributed by atoms with van der Waals surface area (Å²) in [7, 11) is 0. The van der Waals surface area contributed by atoms with E-state index in [0.717, 1.165) is 0 Å². The van der Waals surface area contributed by atoms with Gasteiger partial charge in [0, 0.05) is 17.0 Å². The maximum absolute atomic E-state index is 11.7. The fourth-order valence-electron chi connectivity index (χ4n) is 2.38. The fourth-order valence-corrected chi connectivity index (χ4v) is 2.38. The highest BCUT2D eigenvalue weighted by Gasteiger charge is 2.42. The second-order valence-electron chi connectivity index (χ2n) is 5.72. The van der Waals surface area contributed by atoms with Gasteiger partial charge in [0.1, 0.15) is 6.23 Å². The standard InChI is InChI=1S/C12H20N2O3/c1-11(2,10(13)17)7-12(3,4)14-8(15)5-6-9(14)16/h5-6,8,15H,7H2,1-4H3,(H2,13,17). The lowest BCUT2D eigenvalue weighted by Crippen LogP contribution is -2.53. The number of carbonyl (C=O) groups is 2. The van der Waals surface area contributed by atoms with Crippen molar-refractivity contribution in [2.75, 3.05) is 0 Å². The molecule has 17 heavy (non-hydrogen) atoms. The number of carbonyl (C=O) groups excluding carboxylic acids is 2. The van der Waals surface area contributed by atoms with Gasteiger partial charge in [-0.15, -0.1) is 0 Å². The number of primary amides is 1. The Hall–Kier alpha value is -1.36. The van der Waals surface area contributed by atoms with Crippen LogP contribution in [0, 0.1) is 5.41 Å². The topological polar surface area (TPSA) is 83.6 Å². The Kier molecular flexibility index (Phi) is 3.34. The summed E-state index contributed by atoms with van der Waals surface area (Å²) in [6, 6.07) is 0. The van der Waals surface area contributed by atoms with E-state index in [2.05, 4.69) is 0 Å². The molecular weight excluding hydrogens is 220 g/mol. The van der Waals surface area contributed by atoms with Crippen molar-refractivity contribution in [3.8, 4) is 0 Å². The molecule has 0 saturated carbocycles. The van der Waals surface area contributed by atoms with Crippen LogP contribution < -0.4 is 5.73 Å². The zero-order valence-corrected chi connectivity index (χ0v) is 10.7. The third-order valence-corrected chi connectivity index (χ3v) is 3.11. The number of aliphatic hydroxyl groups is 1. The van der Waals surface area contributed by atoms with Gasteiger partial charge < -0.3 is 15.7 Å². The first kappa shape index (κ1) is 13.7. The SMILES string of the molecule is CC(C)(CC(C)(C)N1C(=O)C=CC1O)C(N)=O. The minimum absolute atomic E-state index is 0.247. The zero-order valence-electron chi connectivity index (χ0n) is 10.7. The van der Waals surface area contributed by atoms with Crippen molar-refractivity contribution in [2.24, 2.45) is 11.1 Å². The molecule has 1 unspecified atom stereocenters. The van der Waals surface area contributed by atoms with Crippen molar-refractivity contribution in [2.45, 2.75) is 45.9 Å².